The number of hydrogen-bond donors (Lipinski definition) is 1. The molecule has 0 saturated carbocycles. The van der Waals surface area contributed by atoms with Crippen LogP contribution in [0.5, 0.6) is 5.75 Å². The van der Waals surface area contributed by atoms with Crippen molar-refractivity contribution in [2.75, 3.05) is 18.9 Å². The molecule has 128 valence electrons. The molecule has 1 N–H and O–H groups in total. The Kier molecular flexibility index (Phi) is 5.98. The van der Waals surface area contributed by atoms with Gasteiger partial charge in [-0.3, -0.25) is 4.21 Å². The maximum Gasteiger partial charge on any atom is 0.318 e. The molecule has 1 heterocycles. The van der Waals surface area contributed by atoms with Crippen LogP contribution in [0.2, 0.25) is 0 Å². The normalized spacial score (nSPS) is 25.7. The van der Waals surface area contributed by atoms with Crippen molar-refractivity contribution in [1.29, 1.82) is 0 Å². The predicted molar refractivity (Wildman–Crippen MR) is 88.5 cm³/mol. The van der Waals surface area contributed by atoms with E-state index in [0.717, 1.165) is 0 Å². The molecule has 7 heteroatoms. The first-order chi connectivity index (χ1) is 10.9. The van der Waals surface area contributed by atoms with Gasteiger partial charge in [0.25, 0.3) is 0 Å². The smallest absolute Gasteiger partial charge is 0.318 e. The molecule has 0 spiro atoms. The Labute approximate surface area is 138 Å². The van der Waals surface area contributed by atoms with Gasteiger partial charge in [0.2, 0.25) is 0 Å². The minimum Gasteiger partial charge on any atom is -0.488 e. The topological polar surface area (TPSA) is 58.6 Å². The predicted octanol–water partition coefficient (Wildman–Crippen LogP) is 2.14. The molecule has 5 nitrogen and oxygen atoms in total. The largest absolute Gasteiger partial charge is 0.488 e. The molecule has 0 aliphatic carbocycles. The molecule has 4 atom stereocenters. The highest BCUT2D eigenvalue weighted by Crippen LogP contribution is 2.17. The van der Waals surface area contributed by atoms with Gasteiger partial charge in [-0.25, -0.2) is 9.18 Å². The van der Waals surface area contributed by atoms with Crippen molar-refractivity contribution >= 4 is 16.8 Å². The van der Waals surface area contributed by atoms with Gasteiger partial charge in [0.05, 0.1) is 11.3 Å². The van der Waals surface area contributed by atoms with E-state index in [2.05, 4.69) is 5.32 Å². The Balaban J connectivity index is 1.85. The summed E-state index contributed by atoms with van der Waals surface area (Å²) in [5, 5.41) is 2.80. The molecular weight excluding hydrogens is 319 g/mol. The maximum atomic E-state index is 13.5. The van der Waals surface area contributed by atoms with Crippen molar-refractivity contribution in [3.8, 4) is 5.75 Å². The summed E-state index contributed by atoms with van der Waals surface area (Å²) in [6.45, 7) is 6.25. The summed E-state index contributed by atoms with van der Waals surface area (Å²) in [5.41, 5.74) is 0. The lowest BCUT2D eigenvalue weighted by atomic mass is 10.2. The number of urea groups is 1. The minimum absolute atomic E-state index is 0.0422. The van der Waals surface area contributed by atoms with Crippen molar-refractivity contribution < 1.29 is 18.1 Å². The first-order valence-corrected chi connectivity index (χ1v) is 9.10. The second-order valence-electron chi connectivity index (χ2n) is 5.82. The highest BCUT2D eigenvalue weighted by atomic mass is 32.2. The van der Waals surface area contributed by atoms with Crippen molar-refractivity contribution in [1.82, 2.24) is 10.2 Å². The molecule has 1 saturated heterocycles. The van der Waals surface area contributed by atoms with Crippen molar-refractivity contribution in [3.63, 3.8) is 0 Å². The summed E-state index contributed by atoms with van der Waals surface area (Å²) in [5.74, 6) is 0.245. The maximum absolute atomic E-state index is 13.5. The minimum atomic E-state index is -0.884. The van der Waals surface area contributed by atoms with Crippen LogP contribution in [-0.2, 0) is 10.8 Å². The number of carbonyl (C=O) groups is 1. The third kappa shape index (κ3) is 4.43. The van der Waals surface area contributed by atoms with Crippen molar-refractivity contribution in [2.24, 2.45) is 0 Å². The van der Waals surface area contributed by atoms with Crippen LogP contribution in [0, 0.1) is 5.82 Å². The Bertz CT molecular complexity index is 584. The highest BCUT2D eigenvalue weighted by molar-refractivity contribution is 7.85. The molecule has 1 aromatic carbocycles. The van der Waals surface area contributed by atoms with Gasteiger partial charge < -0.3 is 15.0 Å². The summed E-state index contributed by atoms with van der Waals surface area (Å²) in [6.07, 6.45) is 0. The van der Waals surface area contributed by atoms with Crippen LogP contribution < -0.4 is 10.1 Å². The lowest BCUT2D eigenvalue weighted by Crippen LogP contribution is -2.56. The van der Waals surface area contributed by atoms with E-state index in [4.69, 9.17) is 4.74 Å². The fraction of sp³-hybridized carbons (Fsp3) is 0.562. The number of rotatable bonds is 4. The average molecular weight is 342 g/mol. The molecule has 1 aliphatic heterocycles. The third-order valence-corrected chi connectivity index (χ3v) is 5.88. The zero-order valence-corrected chi connectivity index (χ0v) is 14.4. The summed E-state index contributed by atoms with van der Waals surface area (Å²) in [6, 6.07) is 5.62. The second kappa shape index (κ2) is 7.77. The van der Waals surface area contributed by atoms with Gasteiger partial charge in [0, 0.05) is 29.1 Å². The number of ether oxygens (including phenoxy) is 1. The quantitative estimate of drug-likeness (QED) is 0.912. The van der Waals surface area contributed by atoms with Crippen LogP contribution in [0.15, 0.2) is 24.3 Å². The van der Waals surface area contributed by atoms with Gasteiger partial charge in [-0.05, 0) is 32.9 Å². The Hall–Kier alpha value is -1.63. The summed E-state index contributed by atoms with van der Waals surface area (Å²) < 4.78 is 30.7. The average Bonchev–Trinajstić information content (AvgIpc) is 2.52. The standard InChI is InChI=1S/C16H23FN2O3S/c1-11(10-22-15-7-5-4-6-14(15)17)18-16(20)19-8-9-23(21)13(3)12(19)2/h4-7,11-13H,8-10H2,1-3H3,(H,18,20)/t11-,12-,13-,23+/m1/s1. The van der Waals surface area contributed by atoms with Crippen molar-refractivity contribution in [2.45, 2.75) is 38.1 Å². The summed E-state index contributed by atoms with van der Waals surface area (Å²) >= 11 is 0. The van der Waals surface area contributed by atoms with Gasteiger partial charge in [-0.15, -0.1) is 0 Å². The number of carbonyl (C=O) groups excluding carboxylic acids is 1. The fourth-order valence-electron chi connectivity index (χ4n) is 2.45. The van der Waals surface area contributed by atoms with Crippen LogP contribution in [0.25, 0.3) is 0 Å². The lowest BCUT2D eigenvalue weighted by Gasteiger charge is -2.37. The summed E-state index contributed by atoms with van der Waals surface area (Å²) in [7, 11) is -0.884. The van der Waals surface area contributed by atoms with Gasteiger partial charge in [-0.1, -0.05) is 12.1 Å². The number of nitrogens with zero attached hydrogens (tertiary/aromatic N) is 1. The molecular formula is C16H23FN2O3S. The Morgan fingerprint density at radius 3 is 2.87 bits per heavy atom. The van der Waals surface area contributed by atoms with E-state index in [1.165, 1.54) is 6.07 Å². The Morgan fingerprint density at radius 2 is 2.17 bits per heavy atom. The zero-order valence-electron chi connectivity index (χ0n) is 13.6. The molecule has 0 unspecified atom stereocenters. The van der Waals surface area contributed by atoms with E-state index in [1.807, 2.05) is 13.8 Å². The second-order valence-corrected chi connectivity index (χ2v) is 7.73. The SMILES string of the molecule is C[C@H](COc1ccccc1F)NC(=O)N1CC[S@](=O)[C@H](C)[C@H]1C. The van der Waals surface area contributed by atoms with E-state index < -0.39 is 16.6 Å². The molecule has 0 radical (unpaired) electrons. The first kappa shape index (κ1) is 17.7. The monoisotopic (exact) mass is 342 g/mol. The van der Waals surface area contributed by atoms with Crippen LogP contribution in [0.4, 0.5) is 9.18 Å². The van der Waals surface area contributed by atoms with Gasteiger partial charge >= 0.3 is 6.03 Å². The van der Waals surface area contributed by atoms with Gasteiger partial charge in [0.15, 0.2) is 11.6 Å². The number of benzene rings is 1. The van der Waals surface area contributed by atoms with E-state index in [0.29, 0.717) is 12.3 Å². The number of halogens is 1. The zero-order chi connectivity index (χ0) is 17.0. The number of amides is 2. The Morgan fingerprint density at radius 1 is 1.48 bits per heavy atom. The van der Waals surface area contributed by atoms with Crippen LogP contribution in [0.1, 0.15) is 20.8 Å². The fourth-order valence-corrected chi connectivity index (χ4v) is 3.78. The highest BCUT2D eigenvalue weighted by Gasteiger charge is 2.33. The molecule has 1 aromatic rings. The van der Waals surface area contributed by atoms with Gasteiger partial charge in [-0.2, -0.15) is 0 Å². The van der Waals surface area contributed by atoms with Crippen molar-refractivity contribution in [3.05, 3.63) is 30.1 Å². The van der Waals surface area contributed by atoms with Crippen LogP contribution >= 0.6 is 0 Å². The van der Waals surface area contributed by atoms with E-state index in [-0.39, 0.29) is 35.7 Å². The molecule has 1 fully saturated rings. The number of para-hydroxylation sites is 1. The number of nitrogens with one attached hydrogen (secondary N) is 1. The van der Waals surface area contributed by atoms with E-state index in [9.17, 15) is 13.4 Å². The molecule has 1 aliphatic rings. The third-order valence-electron chi connectivity index (χ3n) is 4.08. The van der Waals surface area contributed by atoms with E-state index >= 15 is 0 Å². The lowest BCUT2D eigenvalue weighted by molar-refractivity contribution is 0.170. The van der Waals surface area contributed by atoms with Crippen LogP contribution in [-0.4, -0.2) is 51.4 Å². The summed E-state index contributed by atoms with van der Waals surface area (Å²) in [4.78, 5) is 14.0. The molecule has 2 rings (SSSR count). The van der Waals surface area contributed by atoms with Crippen LogP contribution in [0.3, 0.4) is 0 Å². The molecule has 2 amide bonds. The van der Waals surface area contributed by atoms with E-state index in [1.54, 1.807) is 30.0 Å². The van der Waals surface area contributed by atoms with Gasteiger partial charge in [0.1, 0.15) is 6.61 Å². The molecule has 23 heavy (non-hydrogen) atoms. The molecule has 0 aromatic heterocycles. The number of hydrogen-bond acceptors (Lipinski definition) is 3. The first-order valence-electron chi connectivity index (χ1n) is 7.71. The molecule has 0 bridgehead atoms.